The van der Waals surface area contributed by atoms with Crippen molar-refractivity contribution in [2.75, 3.05) is 19.0 Å². The van der Waals surface area contributed by atoms with Crippen LogP contribution in [-0.2, 0) is 0 Å². The standard InChI is InChI=1S/C14H15N/c1-4-12-13-8-6-5-7-11(13)9-10-14(12)15(2)3/h4-10H,1H2,2-3H3. The monoisotopic (exact) mass is 197 g/mol. The Morgan fingerprint density at radius 2 is 1.80 bits per heavy atom. The third kappa shape index (κ3) is 1.61. The Labute approximate surface area is 90.6 Å². The topological polar surface area (TPSA) is 3.24 Å². The number of fused-ring (bicyclic) bond motifs is 1. The quantitative estimate of drug-likeness (QED) is 0.711. The van der Waals surface area contributed by atoms with Crippen LogP contribution in [0.5, 0.6) is 0 Å². The van der Waals surface area contributed by atoms with Crippen LogP contribution in [0.15, 0.2) is 43.0 Å². The highest BCUT2D eigenvalue weighted by Gasteiger charge is 2.05. The van der Waals surface area contributed by atoms with Crippen molar-refractivity contribution in [3.05, 3.63) is 48.5 Å². The molecule has 0 fully saturated rings. The van der Waals surface area contributed by atoms with Gasteiger partial charge < -0.3 is 4.90 Å². The third-order valence-corrected chi connectivity index (χ3v) is 2.63. The summed E-state index contributed by atoms with van der Waals surface area (Å²) in [5, 5.41) is 2.52. The summed E-state index contributed by atoms with van der Waals surface area (Å²) in [5.74, 6) is 0. The van der Waals surface area contributed by atoms with Crippen LogP contribution in [0.3, 0.4) is 0 Å². The van der Waals surface area contributed by atoms with Crippen LogP contribution in [-0.4, -0.2) is 14.1 Å². The van der Waals surface area contributed by atoms with Crippen molar-refractivity contribution in [2.45, 2.75) is 0 Å². The molecule has 0 aliphatic rings. The predicted molar refractivity (Wildman–Crippen MR) is 68.4 cm³/mol. The van der Waals surface area contributed by atoms with Crippen LogP contribution in [0.25, 0.3) is 16.8 Å². The average molecular weight is 197 g/mol. The molecule has 0 amide bonds. The summed E-state index contributed by atoms with van der Waals surface area (Å²) in [7, 11) is 4.11. The molecule has 2 aromatic carbocycles. The van der Waals surface area contributed by atoms with E-state index in [1.165, 1.54) is 22.0 Å². The van der Waals surface area contributed by atoms with Gasteiger partial charge >= 0.3 is 0 Å². The van der Waals surface area contributed by atoms with Gasteiger partial charge in [-0.25, -0.2) is 0 Å². The van der Waals surface area contributed by atoms with Gasteiger partial charge in [0.15, 0.2) is 0 Å². The van der Waals surface area contributed by atoms with Crippen LogP contribution in [0, 0.1) is 0 Å². The average Bonchev–Trinajstić information content (AvgIpc) is 2.27. The van der Waals surface area contributed by atoms with Gasteiger partial charge in [0, 0.05) is 25.3 Å². The zero-order valence-electron chi connectivity index (χ0n) is 9.20. The molecule has 0 spiro atoms. The second kappa shape index (κ2) is 3.77. The van der Waals surface area contributed by atoms with E-state index >= 15 is 0 Å². The predicted octanol–water partition coefficient (Wildman–Crippen LogP) is 3.55. The Kier molecular flexibility index (Phi) is 2.46. The Bertz CT molecular complexity index is 498. The maximum absolute atomic E-state index is 3.90. The highest BCUT2D eigenvalue weighted by Crippen LogP contribution is 2.28. The number of anilines is 1. The van der Waals surface area contributed by atoms with Crippen molar-refractivity contribution >= 4 is 22.5 Å². The Morgan fingerprint density at radius 3 is 2.47 bits per heavy atom. The van der Waals surface area contributed by atoms with Gasteiger partial charge in [0.1, 0.15) is 0 Å². The summed E-state index contributed by atoms with van der Waals surface area (Å²) in [6.07, 6.45) is 1.93. The molecule has 0 heterocycles. The summed E-state index contributed by atoms with van der Waals surface area (Å²) in [4.78, 5) is 2.11. The second-order valence-corrected chi connectivity index (χ2v) is 3.82. The van der Waals surface area contributed by atoms with Crippen molar-refractivity contribution in [1.29, 1.82) is 0 Å². The highest BCUT2D eigenvalue weighted by atomic mass is 15.1. The maximum atomic E-state index is 3.90. The molecule has 15 heavy (non-hydrogen) atoms. The molecule has 0 bridgehead atoms. The number of rotatable bonds is 2. The summed E-state index contributed by atoms with van der Waals surface area (Å²) in [6.45, 7) is 3.90. The third-order valence-electron chi connectivity index (χ3n) is 2.63. The first kappa shape index (κ1) is 9.78. The molecule has 0 saturated carbocycles. The van der Waals surface area contributed by atoms with E-state index in [1.54, 1.807) is 0 Å². The zero-order valence-corrected chi connectivity index (χ0v) is 9.20. The van der Waals surface area contributed by atoms with Gasteiger partial charge in [-0.15, -0.1) is 0 Å². The molecule has 1 nitrogen and oxygen atoms in total. The first-order chi connectivity index (χ1) is 7.24. The van der Waals surface area contributed by atoms with Crippen LogP contribution >= 0.6 is 0 Å². The Hall–Kier alpha value is -1.76. The summed E-state index contributed by atoms with van der Waals surface area (Å²) in [5.41, 5.74) is 2.42. The minimum Gasteiger partial charge on any atom is -0.377 e. The first-order valence-corrected chi connectivity index (χ1v) is 5.05. The van der Waals surface area contributed by atoms with Crippen molar-refractivity contribution in [1.82, 2.24) is 0 Å². The lowest BCUT2D eigenvalue weighted by atomic mass is 10.0. The minimum atomic E-state index is 1.21. The maximum Gasteiger partial charge on any atom is 0.0440 e. The molecule has 0 N–H and O–H groups in total. The fourth-order valence-electron chi connectivity index (χ4n) is 1.89. The van der Waals surface area contributed by atoms with Crippen LogP contribution in [0.2, 0.25) is 0 Å². The smallest absolute Gasteiger partial charge is 0.0440 e. The Morgan fingerprint density at radius 1 is 1.07 bits per heavy atom. The van der Waals surface area contributed by atoms with Crippen molar-refractivity contribution in [3.8, 4) is 0 Å². The fraction of sp³-hybridized carbons (Fsp3) is 0.143. The van der Waals surface area contributed by atoms with Crippen molar-refractivity contribution in [2.24, 2.45) is 0 Å². The summed E-state index contributed by atoms with van der Waals surface area (Å²) < 4.78 is 0. The van der Waals surface area contributed by atoms with Crippen LogP contribution in [0.4, 0.5) is 5.69 Å². The van der Waals surface area contributed by atoms with Gasteiger partial charge in [-0.2, -0.15) is 0 Å². The minimum absolute atomic E-state index is 1.21. The number of hydrogen-bond donors (Lipinski definition) is 0. The molecule has 1 heteroatoms. The second-order valence-electron chi connectivity index (χ2n) is 3.82. The molecule has 0 aliphatic carbocycles. The first-order valence-electron chi connectivity index (χ1n) is 5.05. The molecule has 0 radical (unpaired) electrons. The molecular weight excluding hydrogens is 182 g/mol. The fourth-order valence-corrected chi connectivity index (χ4v) is 1.89. The molecular formula is C14H15N. The molecule has 2 aromatic rings. The molecule has 0 aromatic heterocycles. The zero-order chi connectivity index (χ0) is 10.8. The lowest BCUT2D eigenvalue weighted by Crippen LogP contribution is -2.10. The molecule has 0 saturated heterocycles. The van der Waals surface area contributed by atoms with E-state index in [-0.39, 0.29) is 0 Å². The SMILES string of the molecule is C=Cc1c(N(C)C)ccc2ccccc12. The largest absolute Gasteiger partial charge is 0.377 e. The van der Waals surface area contributed by atoms with Crippen molar-refractivity contribution < 1.29 is 0 Å². The van der Waals surface area contributed by atoms with E-state index in [0.717, 1.165) is 0 Å². The molecule has 76 valence electrons. The van der Waals surface area contributed by atoms with Gasteiger partial charge in [0.25, 0.3) is 0 Å². The lowest BCUT2D eigenvalue weighted by molar-refractivity contribution is 1.13. The molecule has 2 rings (SSSR count). The summed E-state index contributed by atoms with van der Waals surface area (Å²) >= 11 is 0. The van der Waals surface area contributed by atoms with E-state index in [9.17, 15) is 0 Å². The Balaban J connectivity index is 2.81. The number of nitrogens with zero attached hydrogens (tertiary/aromatic N) is 1. The molecule has 0 atom stereocenters. The van der Waals surface area contributed by atoms with Gasteiger partial charge in [0.05, 0.1) is 0 Å². The van der Waals surface area contributed by atoms with E-state index in [1.807, 2.05) is 6.08 Å². The summed E-state index contributed by atoms with van der Waals surface area (Å²) in [6, 6.07) is 12.7. The van der Waals surface area contributed by atoms with Gasteiger partial charge in [-0.3, -0.25) is 0 Å². The van der Waals surface area contributed by atoms with Crippen LogP contribution in [0.1, 0.15) is 5.56 Å². The van der Waals surface area contributed by atoms with E-state index in [0.29, 0.717) is 0 Å². The highest BCUT2D eigenvalue weighted by molar-refractivity contribution is 5.95. The van der Waals surface area contributed by atoms with E-state index < -0.39 is 0 Å². The van der Waals surface area contributed by atoms with Crippen LogP contribution < -0.4 is 4.90 Å². The van der Waals surface area contributed by atoms with Gasteiger partial charge in [-0.05, 0) is 16.8 Å². The number of hydrogen-bond acceptors (Lipinski definition) is 1. The van der Waals surface area contributed by atoms with Crippen molar-refractivity contribution in [3.63, 3.8) is 0 Å². The lowest BCUT2D eigenvalue weighted by Gasteiger charge is -2.17. The normalized spacial score (nSPS) is 10.3. The molecule has 0 aliphatic heterocycles. The number of benzene rings is 2. The van der Waals surface area contributed by atoms with Gasteiger partial charge in [0.2, 0.25) is 0 Å². The molecule has 0 unspecified atom stereocenters. The van der Waals surface area contributed by atoms with E-state index in [2.05, 4.69) is 62.0 Å². The van der Waals surface area contributed by atoms with Gasteiger partial charge in [-0.1, -0.05) is 43.0 Å². The van der Waals surface area contributed by atoms with E-state index in [4.69, 9.17) is 0 Å².